The fourth-order valence-electron chi connectivity index (χ4n) is 3.46. The number of para-hydroxylation sites is 2. The number of amides is 2. The number of fused-ring (bicyclic) bond motifs is 1. The molecule has 1 atom stereocenters. The molecule has 0 aliphatic carbocycles. The number of ether oxygens (including phenoxy) is 1. The summed E-state index contributed by atoms with van der Waals surface area (Å²) in [5, 5.41) is 4.38. The van der Waals surface area contributed by atoms with Crippen molar-refractivity contribution in [2.45, 2.75) is 25.6 Å². The fourth-order valence-corrected chi connectivity index (χ4v) is 4.26. The van der Waals surface area contributed by atoms with E-state index in [-0.39, 0.29) is 17.1 Å². The van der Waals surface area contributed by atoms with Crippen LogP contribution in [0.4, 0.5) is 24.5 Å². The van der Waals surface area contributed by atoms with Crippen LogP contribution in [-0.4, -0.2) is 41.6 Å². The van der Waals surface area contributed by atoms with Crippen LogP contribution in [0.5, 0.6) is 0 Å². The van der Waals surface area contributed by atoms with Gasteiger partial charge in [0.15, 0.2) is 12.3 Å². The first-order valence-electron chi connectivity index (χ1n) is 10.1. The third-order valence-electron chi connectivity index (χ3n) is 5.11. The Morgan fingerprint density at radius 1 is 1.18 bits per heavy atom. The molecule has 2 heterocycles. The van der Waals surface area contributed by atoms with E-state index < -0.39 is 43.0 Å². The van der Waals surface area contributed by atoms with E-state index >= 15 is 0 Å². The van der Waals surface area contributed by atoms with Crippen molar-refractivity contribution < 1.29 is 32.3 Å². The van der Waals surface area contributed by atoms with Gasteiger partial charge in [0.25, 0.3) is 5.91 Å². The maximum Gasteiger partial charge on any atom is 0.409 e. The van der Waals surface area contributed by atoms with E-state index in [0.717, 1.165) is 11.1 Å². The van der Waals surface area contributed by atoms with Gasteiger partial charge >= 0.3 is 12.1 Å². The minimum atomic E-state index is -4.88. The molecule has 2 aromatic carbocycles. The highest BCUT2D eigenvalue weighted by atomic mass is 32.1. The van der Waals surface area contributed by atoms with Gasteiger partial charge in [0.2, 0.25) is 5.91 Å². The summed E-state index contributed by atoms with van der Waals surface area (Å²) < 4.78 is 46.3. The van der Waals surface area contributed by atoms with Crippen molar-refractivity contribution in [1.29, 1.82) is 0 Å². The van der Waals surface area contributed by atoms with Crippen molar-refractivity contribution in [1.82, 2.24) is 4.98 Å². The van der Waals surface area contributed by atoms with E-state index in [1.54, 1.807) is 0 Å². The molecule has 11 heteroatoms. The summed E-state index contributed by atoms with van der Waals surface area (Å²) in [6.07, 6.45) is -5.86. The number of rotatable bonds is 4. The highest BCUT2D eigenvalue weighted by molar-refractivity contribution is 7.13. The molecule has 0 bridgehead atoms. The number of nitrogens with one attached hydrogen (secondary N) is 1. The van der Waals surface area contributed by atoms with E-state index in [4.69, 9.17) is 4.74 Å². The zero-order chi connectivity index (χ0) is 24.5. The number of aryl methyl sites for hydroxylation is 1. The highest BCUT2D eigenvalue weighted by Crippen LogP contribution is 2.37. The monoisotopic (exact) mass is 489 g/mol. The zero-order valence-electron chi connectivity index (χ0n) is 17.8. The second kappa shape index (κ2) is 9.26. The van der Waals surface area contributed by atoms with Crippen LogP contribution in [-0.2, 0) is 14.3 Å². The number of carbonyl (C=O) groups is 3. The van der Waals surface area contributed by atoms with Gasteiger partial charge in [-0.05, 0) is 19.1 Å². The largest absolute Gasteiger partial charge is 0.451 e. The Balaban J connectivity index is 1.52. The van der Waals surface area contributed by atoms with Crippen molar-refractivity contribution in [3.63, 3.8) is 0 Å². The number of aromatic nitrogens is 1. The molecular weight excluding hydrogens is 471 g/mol. The lowest BCUT2D eigenvalue weighted by Crippen LogP contribution is -2.51. The van der Waals surface area contributed by atoms with Gasteiger partial charge in [-0.15, -0.1) is 11.3 Å². The predicted octanol–water partition coefficient (Wildman–Crippen LogP) is 4.58. The van der Waals surface area contributed by atoms with Crippen LogP contribution in [0.3, 0.4) is 0 Å². The number of esters is 1. The standard InChI is InChI=1S/C23H18F3N3O4S/c1-13-6-8-14(9-7-13)21-28-16(12-34-21)22(32)33-11-20(31)29-17-5-3-2-4-15(17)27-19(30)10-18(29)23(24,25)26/h2-9,12,18H,10-11H2,1H3,(H,27,30). The van der Waals surface area contributed by atoms with Gasteiger partial charge in [-0.2, -0.15) is 13.2 Å². The van der Waals surface area contributed by atoms with Crippen molar-refractivity contribution >= 4 is 40.5 Å². The van der Waals surface area contributed by atoms with Crippen molar-refractivity contribution in [3.05, 3.63) is 65.2 Å². The van der Waals surface area contributed by atoms with Crippen molar-refractivity contribution in [2.24, 2.45) is 0 Å². The van der Waals surface area contributed by atoms with E-state index in [9.17, 15) is 27.6 Å². The number of anilines is 2. The topological polar surface area (TPSA) is 88.6 Å². The second-order valence-electron chi connectivity index (χ2n) is 7.57. The van der Waals surface area contributed by atoms with Crippen molar-refractivity contribution in [2.75, 3.05) is 16.8 Å². The zero-order valence-corrected chi connectivity index (χ0v) is 18.6. The molecule has 0 saturated heterocycles. The fraction of sp³-hybridized carbons (Fsp3) is 0.217. The van der Waals surface area contributed by atoms with Gasteiger partial charge in [-0.25, -0.2) is 9.78 Å². The van der Waals surface area contributed by atoms with Crippen LogP contribution in [0.15, 0.2) is 53.9 Å². The van der Waals surface area contributed by atoms with Crippen LogP contribution in [0.1, 0.15) is 22.5 Å². The average Bonchev–Trinajstić information content (AvgIpc) is 3.22. The first kappa shape index (κ1) is 23.4. The van der Waals surface area contributed by atoms with E-state index in [1.807, 2.05) is 31.2 Å². The number of hydrogen-bond donors (Lipinski definition) is 1. The van der Waals surface area contributed by atoms with Crippen molar-refractivity contribution in [3.8, 4) is 10.6 Å². The predicted molar refractivity (Wildman–Crippen MR) is 120 cm³/mol. The Labute approximate surface area is 196 Å². The maximum atomic E-state index is 13.8. The molecule has 34 heavy (non-hydrogen) atoms. The van der Waals surface area contributed by atoms with Crippen LogP contribution in [0, 0.1) is 6.92 Å². The Hall–Kier alpha value is -3.73. The van der Waals surface area contributed by atoms with E-state index in [1.165, 1.54) is 41.0 Å². The van der Waals surface area contributed by atoms with E-state index in [2.05, 4.69) is 10.3 Å². The second-order valence-corrected chi connectivity index (χ2v) is 8.43. The maximum absolute atomic E-state index is 13.8. The number of nitrogens with zero attached hydrogens (tertiary/aromatic N) is 2. The van der Waals surface area contributed by atoms with E-state index in [0.29, 0.717) is 9.91 Å². The molecule has 176 valence electrons. The van der Waals surface area contributed by atoms with Gasteiger partial charge in [0.1, 0.15) is 11.0 Å². The lowest BCUT2D eigenvalue weighted by atomic mass is 10.1. The SMILES string of the molecule is Cc1ccc(-c2nc(C(=O)OCC(=O)N3c4ccccc4NC(=O)CC3C(F)(F)F)cs2)cc1. The number of hydrogen-bond acceptors (Lipinski definition) is 6. The summed E-state index contributed by atoms with van der Waals surface area (Å²) >= 11 is 1.19. The summed E-state index contributed by atoms with van der Waals surface area (Å²) in [6, 6.07) is 10.7. The highest BCUT2D eigenvalue weighted by Gasteiger charge is 2.49. The minimum Gasteiger partial charge on any atom is -0.451 e. The van der Waals surface area contributed by atoms with Gasteiger partial charge in [-0.1, -0.05) is 42.0 Å². The molecule has 1 unspecified atom stereocenters. The molecule has 0 radical (unpaired) electrons. The summed E-state index contributed by atoms with van der Waals surface area (Å²) in [7, 11) is 0. The lowest BCUT2D eigenvalue weighted by Gasteiger charge is -2.31. The number of alkyl halides is 3. The van der Waals surface area contributed by atoms with Gasteiger partial charge in [-0.3, -0.25) is 14.5 Å². The summed E-state index contributed by atoms with van der Waals surface area (Å²) in [5.41, 5.74) is 1.71. The number of thiazole rings is 1. The smallest absolute Gasteiger partial charge is 0.409 e. The van der Waals surface area contributed by atoms with Crippen LogP contribution in [0.2, 0.25) is 0 Å². The molecule has 2 amide bonds. The number of carbonyl (C=O) groups excluding carboxylic acids is 3. The first-order chi connectivity index (χ1) is 16.1. The Kier molecular flexibility index (Phi) is 6.38. The third kappa shape index (κ3) is 4.93. The molecule has 1 aliphatic heterocycles. The Morgan fingerprint density at radius 2 is 1.88 bits per heavy atom. The van der Waals surface area contributed by atoms with Gasteiger partial charge in [0, 0.05) is 10.9 Å². The number of benzene rings is 2. The summed E-state index contributed by atoms with van der Waals surface area (Å²) in [6.45, 7) is 0.981. The molecule has 3 aromatic rings. The molecule has 0 fully saturated rings. The molecule has 0 saturated carbocycles. The summed E-state index contributed by atoms with van der Waals surface area (Å²) in [5.74, 6) is -2.94. The normalized spacial score (nSPS) is 15.8. The van der Waals surface area contributed by atoms with Crippen LogP contribution >= 0.6 is 11.3 Å². The van der Waals surface area contributed by atoms with Crippen LogP contribution in [0.25, 0.3) is 10.6 Å². The minimum absolute atomic E-state index is 0.0566. The number of halogens is 3. The van der Waals surface area contributed by atoms with Gasteiger partial charge < -0.3 is 10.1 Å². The molecule has 1 aromatic heterocycles. The molecule has 7 nitrogen and oxygen atoms in total. The first-order valence-corrected chi connectivity index (χ1v) is 11.0. The molecule has 1 N–H and O–H groups in total. The lowest BCUT2D eigenvalue weighted by molar-refractivity contribution is -0.158. The third-order valence-corrected chi connectivity index (χ3v) is 6.00. The average molecular weight is 489 g/mol. The molecule has 0 spiro atoms. The Bertz CT molecular complexity index is 1240. The summed E-state index contributed by atoms with van der Waals surface area (Å²) in [4.78, 5) is 42.0. The molecular formula is C23H18F3N3O4S. The Morgan fingerprint density at radius 3 is 2.59 bits per heavy atom. The van der Waals surface area contributed by atoms with Crippen LogP contribution < -0.4 is 10.2 Å². The quantitative estimate of drug-likeness (QED) is 0.542. The molecule has 4 rings (SSSR count). The van der Waals surface area contributed by atoms with Gasteiger partial charge in [0.05, 0.1) is 17.8 Å². The molecule has 1 aliphatic rings.